The molecule has 5 aromatic carbocycles. The summed E-state index contributed by atoms with van der Waals surface area (Å²) in [6, 6.07) is 41.7. The maximum Gasteiger partial charge on any atom is 0.159 e. The minimum Gasteiger partial charge on any atom is -0.306 e. The molecular weight excluding hydrogens is 558 g/mol. The zero-order valence-corrected chi connectivity index (χ0v) is 26.0. The first kappa shape index (κ1) is 26.8. The van der Waals surface area contributed by atoms with E-state index in [1.54, 1.807) is 0 Å². The van der Waals surface area contributed by atoms with Gasteiger partial charge in [0.1, 0.15) is 5.52 Å². The van der Waals surface area contributed by atoms with Crippen LogP contribution in [0.5, 0.6) is 0 Å². The van der Waals surface area contributed by atoms with E-state index < -0.39 is 0 Å². The molecule has 220 valence electrons. The maximum atomic E-state index is 5.39. The van der Waals surface area contributed by atoms with Crippen LogP contribution >= 0.6 is 0 Å². The summed E-state index contributed by atoms with van der Waals surface area (Å²) in [7, 11) is 0. The van der Waals surface area contributed by atoms with Crippen molar-refractivity contribution in [1.29, 1.82) is 0 Å². The SMILES string of the molecule is CC1(C)c2ccccc2-c2ccc3c(c21)c1nc(C2=CCCC=C2)ncc1n3-c1cc(-c2ccccc2)cc(-c2ccccc2)c1. The van der Waals surface area contributed by atoms with E-state index in [2.05, 4.69) is 152 Å². The van der Waals surface area contributed by atoms with E-state index in [1.807, 2.05) is 6.20 Å². The fourth-order valence-electron chi connectivity index (χ4n) is 7.67. The average Bonchev–Trinajstić information content (AvgIpc) is 3.57. The van der Waals surface area contributed by atoms with E-state index in [0.29, 0.717) is 0 Å². The summed E-state index contributed by atoms with van der Waals surface area (Å²) in [6.45, 7) is 4.72. The Morgan fingerprint density at radius 3 is 2.04 bits per heavy atom. The van der Waals surface area contributed by atoms with Gasteiger partial charge in [-0.2, -0.15) is 0 Å². The minimum atomic E-state index is -0.180. The van der Waals surface area contributed by atoms with E-state index in [4.69, 9.17) is 9.97 Å². The first-order valence-electron chi connectivity index (χ1n) is 16.2. The molecule has 2 aliphatic carbocycles. The molecule has 0 spiro atoms. The van der Waals surface area contributed by atoms with Gasteiger partial charge in [0.05, 0.1) is 17.2 Å². The van der Waals surface area contributed by atoms with Crippen LogP contribution in [0.3, 0.4) is 0 Å². The molecule has 0 bridgehead atoms. The molecule has 3 nitrogen and oxygen atoms in total. The van der Waals surface area contributed by atoms with Crippen molar-refractivity contribution in [3.05, 3.63) is 157 Å². The molecule has 7 aromatic rings. The Labute approximate surface area is 269 Å². The highest BCUT2D eigenvalue weighted by Crippen LogP contribution is 2.53. The van der Waals surface area contributed by atoms with Gasteiger partial charge >= 0.3 is 0 Å². The van der Waals surface area contributed by atoms with E-state index in [-0.39, 0.29) is 5.41 Å². The lowest BCUT2D eigenvalue weighted by atomic mass is 9.81. The van der Waals surface area contributed by atoms with Crippen LogP contribution in [0.25, 0.3) is 66.6 Å². The Morgan fingerprint density at radius 1 is 0.652 bits per heavy atom. The Balaban J connectivity index is 1.39. The number of aromatic nitrogens is 3. The van der Waals surface area contributed by atoms with Gasteiger partial charge in [0.25, 0.3) is 0 Å². The Bertz CT molecular complexity index is 2320. The lowest BCUT2D eigenvalue weighted by molar-refractivity contribution is 0.666. The van der Waals surface area contributed by atoms with Crippen molar-refractivity contribution in [3.63, 3.8) is 0 Å². The van der Waals surface area contributed by atoms with Gasteiger partial charge in [-0.25, -0.2) is 9.97 Å². The van der Waals surface area contributed by atoms with Crippen LogP contribution in [0.2, 0.25) is 0 Å². The highest BCUT2D eigenvalue weighted by atomic mass is 15.0. The molecule has 46 heavy (non-hydrogen) atoms. The normalized spacial score (nSPS) is 14.8. The number of allylic oxidation sites excluding steroid dienone is 4. The van der Waals surface area contributed by atoms with Crippen LogP contribution < -0.4 is 0 Å². The molecule has 3 heteroatoms. The second-order valence-electron chi connectivity index (χ2n) is 13.0. The molecule has 0 fully saturated rings. The maximum absolute atomic E-state index is 5.39. The largest absolute Gasteiger partial charge is 0.306 e. The fourth-order valence-corrected chi connectivity index (χ4v) is 7.67. The lowest BCUT2D eigenvalue weighted by Gasteiger charge is -2.22. The second-order valence-corrected chi connectivity index (χ2v) is 13.0. The highest BCUT2D eigenvalue weighted by molar-refractivity contribution is 6.13. The van der Waals surface area contributed by atoms with Crippen molar-refractivity contribution in [2.24, 2.45) is 0 Å². The van der Waals surface area contributed by atoms with Gasteiger partial charge in [-0.05, 0) is 81.6 Å². The van der Waals surface area contributed by atoms with Crippen molar-refractivity contribution < 1.29 is 0 Å². The zero-order chi connectivity index (χ0) is 30.8. The number of hydrogen-bond donors (Lipinski definition) is 0. The van der Waals surface area contributed by atoms with E-state index in [1.165, 1.54) is 49.9 Å². The monoisotopic (exact) mass is 591 g/mol. The summed E-state index contributed by atoms with van der Waals surface area (Å²) in [5.41, 5.74) is 15.2. The molecule has 0 N–H and O–H groups in total. The zero-order valence-electron chi connectivity index (χ0n) is 26.0. The summed E-state index contributed by atoms with van der Waals surface area (Å²) in [6.07, 6.45) is 10.8. The number of fused-ring (bicyclic) bond motifs is 7. The van der Waals surface area contributed by atoms with Gasteiger partial charge in [-0.1, -0.05) is 123 Å². The molecular formula is C43H33N3. The molecule has 2 aromatic heterocycles. The van der Waals surface area contributed by atoms with E-state index >= 15 is 0 Å². The van der Waals surface area contributed by atoms with Gasteiger partial charge < -0.3 is 4.57 Å². The second kappa shape index (κ2) is 10.3. The summed E-state index contributed by atoms with van der Waals surface area (Å²) in [5, 5.41) is 1.21. The number of rotatable bonds is 4. The highest BCUT2D eigenvalue weighted by Gasteiger charge is 2.38. The van der Waals surface area contributed by atoms with Crippen molar-refractivity contribution in [2.75, 3.05) is 0 Å². The molecule has 0 atom stereocenters. The van der Waals surface area contributed by atoms with E-state index in [0.717, 1.165) is 46.5 Å². The molecule has 0 aliphatic heterocycles. The smallest absolute Gasteiger partial charge is 0.159 e. The summed E-state index contributed by atoms with van der Waals surface area (Å²) < 4.78 is 2.39. The summed E-state index contributed by atoms with van der Waals surface area (Å²) >= 11 is 0. The molecule has 0 saturated heterocycles. The summed E-state index contributed by atoms with van der Waals surface area (Å²) in [4.78, 5) is 10.4. The molecule has 0 radical (unpaired) electrons. The van der Waals surface area contributed by atoms with Crippen LogP contribution in [-0.4, -0.2) is 14.5 Å². The van der Waals surface area contributed by atoms with Crippen LogP contribution in [-0.2, 0) is 5.41 Å². The molecule has 0 saturated carbocycles. The van der Waals surface area contributed by atoms with Crippen LogP contribution in [0.4, 0.5) is 0 Å². The number of hydrogen-bond acceptors (Lipinski definition) is 2. The molecule has 2 aliphatic rings. The van der Waals surface area contributed by atoms with Gasteiger partial charge in [-0.3, -0.25) is 0 Å². The Kier molecular flexibility index (Phi) is 5.98. The van der Waals surface area contributed by atoms with Crippen molar-refractivity contribution in [3.8, 4) is 39.1 Å². The van der Waals surface area contributed by atoms with Gasteiger partial charge in [0, 0.05) is 22.1 Å². The third-order valence-corrected chi connectivity index (χ3v) is 9.83. The first-order chi connectivity index (χ1) is 22.6. The van der Waals surface area contributed by atoms with Crippen LogP contribution in [0, 0.1) is 0 Å². The standard InChI is InChI=1S/C43H33N3/c1-43(2)36-21-13-12-20-34(36)35-22-23-37-39(40(35)43)41-38(27-44-42(45-41)30-18-10-5-11-19-30)46(37)33-25-31(28-14-6-3-7-15-28)24-32(26-33)29-16-8-4-9-17-29/h3-4,6-10,12-27H,5,11H2,1-2H3. The fraction of sp³-hybridized carbons (Fsp3) is 0.116. The first-order valence-corrected chi connectivity index (χ1v) is 16.2. The van der Waals surface area contributed by atoms with E-state index in [9.17, 15) is 0 Å². The molecule has 9 rings (SSSR count). The third-order valence-electron chi connectivity index (χ3n) is 9.83. The number of nitrogens with zero attached hydrogens (tertiary/aromatic N) is 3. The summed E-state index contributed by atoms with van der Waals surface area (Å²) in [5.74, 6) is 0.788. The van der Waals surface area contributed by atoms with Gasteiger partial charge in [-0.15, -0.1) is 0 Å². The van der Waals surface area contributed by atoms with Gasteiger partial charge in [0.15, 0.2) is 5.82 Å². The topological polar surface area (TPSA) is 30.7 Å². The molecule has 2 heterocycles. The van der Waals surface area contributed by atoms with Crippen molar-refractivity contribution >= 4 is 27.5 Å². The van der Waals surface area contributed by atoms with Crippen LogP contribution in [0.15, 0.2) is 140 Å². The molecule has 0 unspecified atom stereocenters. The predicted molar refractivity (Wildman–Crippen MR) is 191 cm³/mol. The Hall–Kier alpha value is -5.54. The van der Waals surface area contributed by atoms with Crippen molar-refractivity contribution in [2.45, 2.75) is 32.1 Å². The third kappa shape index (κ3) is 4.05. The van der Waals surface area contributed by atoms with Crippen molar-refractivity contribution in [1.82, 2.24) is 14.5 Å². The quantitative estimate of drug-likeness (QED) is 0.204. The Morgan fingerprint density at radius 2 is 1.35 bits per heavy atom. The van der Waals surface area contributed by atoms with Crippen LogP contribution in [0.1, 0.15) is 43.6 Å². The number of benzene rings is 5. The minimum absolute atomic E-state index is 0.180. The average molecular weight is 592 g/mol. The molecule has 0 amide bonds. The predicted octanol–water partition coefficient (Wildman–Crippen LogP) is 10.9. The van der Waals surface area contributed by atoms with Gasteiger partial charge in [0.2, 0.25) is 0 Å². The lowest BCUT2D eigenvalue weighted by Crippen LogP contribution is -2.15.